The van der Waals surface area contributed by atoms with Crippen LogP contribution < -0.4 is 11.4 Å². The van der Waals surface area contributed by atoms with Crippen molar-refractivity contribution in [3.05, 3.63) is 45.2 Å². The maximum atomic E-state index is 12.0. The van der Waals surface area contributed by atoms with Crippen molar-refractivity contribution < 1.29 is 9.21 Å². The van der Waals surface area contributed by atoms with Crippen molar-refractivity contribution in [3.8, 4) is 0 Å². The summed E-state index contributed by atoms with van der Waals surface area (Å²) in [5.41, 5.74) is -0.821. The van der Waals surface area contributed by atoms with Gasteiger partial charge in [0.25, 0.3) is 0 Å². The van der Waals surface area contributed by atoms with Gasteiger partial charge in [0.1, 0.15) is 0 Å². The van der Waals surface area contributed by atoms with E-state index in [4.69, 9.17) is 0 Å². The largest absolute Gasteiger partial charge is 0.422 e. The predicted molar refractivity (Wildman–Crippen MR) is 71.2 cm³/mol. The van der Waals surface area contributed by atoms with Crippen molar-refractivity contribution in [1.29, 1.82) is 0 Å². The average Bonchev–Trinajstić information content (AvgIpc) is 2.33. The number of benzene rings is 1. The van der Waals surface area contributed by atoms with E-state index >= 15 is 0 Å². The SMILES string of the molecule is CC(C)(C)C(=O)Cn1c(=O)oc(=O)c2ccccc21. The molecule has 1 aromatic carbocycles. The van der Waals surface area contributed by atoms with Crippen LogP contribution >= 0.6 is 0 Å². The number of para-hydroxylation sites is 1. The number of rotatable bonds is 2. The third-order valence-electron chi connectivity index (χ3n) is 2.95. The van der Waals surface area contributed by atoms with Gasteiger partial charge < -0.3 is 4.42 Å². The van der Waals surface area contributed by atoms with Gasteiger partial charge in [0.05, 0.1) is 17.4 Å². The van der Waals surface area contributed by atoms with Crippen LogP contribution in [-0.4, -0.2) is 10.4 Å². The normalized spacial score (nSPS) is 11.7. The van der Waals surface area contributed by atoms with Crippen LogP contribution in [0.4, 0.5) is 0 Å². The van der Waals surface area contributed by atoms with E-state index in [0.29, 0.717) is 10.9 Å². The van der Waals surface area contributed by atoms with Crippen LogP contribution in [0.5, 0.6) is 0 Å². The van der Waals surface area contributed by atoms with E-state index < -0.39 is 16.8 Å². The molecule has 1 aromatic heterocycles. The van der Waals surface area contributed by atoms with Crippen molar-refractivity contribution in [2.24, 2.45) is 5.41 Å². The Hall–Kier alpha value is -2.17. The molecule has 0 bridgehead atoms. The monoisotopic (exact) mass is 261 g/mol. The number of nitrogens with zero attached hydrogens (tertiary/aromatic N) is 1. The lowest BCUT2D eigenvalue weighted by molar-refractivity contribution is -0.126. The zero-order valence-corrected chi connectivity index (χ0v) is 11.1. The zero-order valence-electron chi connectivity index (χ0n) is 11.1. The number of Topliss-reactive ketones (excluding diaryl/α,β-unsaturated/α-hetero) is 1. The fourth-order valence-electron chi connectivity index (χ4n) is 1.70. The van der Waals surface area contributed by atoms with Gasteiger partial charge in [-0.1, -0.05) is 32.9 Å². The van der Waals surface area contributed by atoms with Gasteiger partial charge in [0.2, 0.25) is 0 Å². The minimum absolute atomic E-state index is 0.103. The van der Waals surface area contributed by atoms with Gasteiger partial charge in [-0.3, -0.25) is 9.36 Å². The summed E-state index contributed by atoms with van der Waals surface area (Å²) in [6.45, 7) is 5.23. The molecule has 0 fully saturated rings. The standard InChI is InChI=1S/C14H15NO4/c1-14(2,3)11(16)8-15-10-7-5-4-6-9(10)12(17)19-13(15)18/h4-7H,8H2,1-3H3. The summed E-state index contributed by atoms with van der Waals surface area (Å²) < 4.78 is 5.83. The van der Waals surface area contributed by atoms with Crippen LogP contribution in [0.2, 0.25) is 0 Å². The van der Waals surface area contributed by atoms with Crippen LogP contribution in [0.15, 0.2) is 38.3 Å². The van der Waals surface area contributed by atoms with Gasteiger partial charge in [-0.25, -0.2) is 9.59 Å². The van der Waals surface area contributed by atoms with Crippen molar-refractivity contribution in [3.63, 3.8) is 0 Å². The Balaban J connectivity index is 2.65. The number of carbonyl (C=O) groups excluding carboxylic acids is 1. The maximum Gasteiger partial charge on any atom is 0.422 e. The predicted octanol–water partition coefficient (Wildman–Crippen LogP) is 1.57. The summed E-state index contributed by atoms with van der Waals surface area (Å²) in [5.74, 6) is -0.907. The molecule has 0 saturated heterocycles. The fraction of sp³-hybridized carbons (Fsp3) is 0.357. The first kappa shape index (κ1) is 13.3. The molecule has 100 valence electrons. The first-order valence-corrected chi connectivity index (χ1v) is 5.96. The number of ketones is 1. The number of hydrogen-bond acceptors (Lipinski definition) is 4. The molecule has 0 amide bonds. The van der Waals surface area contributed by atoms with Gasteiger partial charge >= 0.3 is 11.4 Å². The van der Waals surface area contributed by atoms with Gasteiger partial charge in [0, 0.05) is 5.41 Å². The molecule has 1 heterocycles. The first-order valence-electron chi connectivity index (χ1n) is 5.96. The van der Waals surface area contributed by atoms with E-state index in [2.05, 4.69) is 4.42 Å². The Morgan fingerprint density at radius 3 is 2.47 bits per heavy atom. The average molecular weight is 261 g/mol. The van der Waals surface area contributed by atoms with Gasteiger partial charge in [0.15, 0.2) is 5.78 Å². The highest BCUT2D eigenvalue weighted by Gasteiger charge is 2.23. The molecule has 0 aliphatic heterocycles. The highest BCUT2D eigenvalue weighted by Crippen LogP contribution is 2.16. The third-order valence-corrected chi connectivity index (χ3v) is 2.95. The molecule has 19 heavy (non-hydrogen) atoms. The third kappa shape index (κ3) is 2.50. The van der Waals surface area contributed by atoms with Crippen LogP contribution in [0.25, 0.3) is 10.9 Å². The lowest BCUT2D eigenvalue weighted by atomic mass is 9.91. The molecule has 0 atom stereocenters. The zero-order chi connectivity index (χ0) is 14.2. The second-order valence-electron chi connectivity index (χ2n) is 5.43. The summed E-state index contributed by atoms with van der Waals surface area (Å²) in [5, 5.41) is 0.295. The van der Waals surface area contributed by atoms with Crippen molar-refractivity contribution in [2.45, 2.75) is 27.3 Å². The van der Waals surface area contributed by atoms with E-state index in [1.54, 1.807) is 45.0 Å². The van der Waals surface area contributed by atoms with Crippen molar-refractivity contribution in [2.75, 3.05) is 0 Å². The summed E-state index contributed by atoms with van der Waals surface area (Å²) in [6.07, 6.45) is 0. The summed E-state index contributed by atoms with van der Waals surface area (Å²) in [7, 11) is 0. The quantitative estimate of drug-likeness (QED) is 0.822. The van der Waals surface area contributed by atoms with E-state index in [1.165, 1.54) is 4.57 Å². The Kier molecular flexibility index (Phi) is 3.14. The highest BCUT2D eigenvalue weighted by molar-refractivity contribution is 5.85. The van der Waals surface area contributed by atoms with Crippen LogP contribution in [0, 0.1) is 5.41 Å². The number of aromatic nitrogens is 1. The van der Waals surface area contributed by atoms with Crippen LogP contribution in [0.1, 0.15) is 20.8 Å². The minimum Gasteiger partial charge on any atom is -0.372 e. The lowest BCUT2D eigenvalue weighted by Crippen LogP contribution is -2.32. The van der Waals surface area contributed by atoms with Crippen LogP contribution in [0.3, 0.4) is 0 Å². The summed E-state index contributed by atoms with van der Waals surface area (Å²) >= 11 is 0. The fourth-order valence-corrected chi connectivity index (χ4v) is 1.70. The van der Waals surface area contributed by atoms with E-state index in [0.717, 1.165) is 0 Å². The molecule has 0 saturated carbocycles. The molecule has 2 aromatic rings. The smallest absolute Gasteiger partial charge is 0.372 e. The van der Waals surface area contributed by atoms with E-state index in [1.807, 2.05) is 0 Å². The Morgan fingerprint density at radius 2 is 1.84 bits per heavy atom. The first-order chi connectivity index (χ1) is 8.80. The topological polar surface area (TPSA) is 69.3 Å². The minimum atomic E-state index is -0.804. The van der Waals surface area contributed by atoms with E-state index in [9.17, 15) is 14.4 Å². The highest BCUT2D eigenvalue weighted by atomic mass is 16.4. The molecule has 0 spiro atoms. The number of fused-ring (bicyclic) bond motifs is 1. The Labute approximate surface area is 109 Å². The second-order valence-corrected chi connectivity index (χ2v) is 5.43. The molecular formula is C14H15NO4. The van der Waals surface area contributed by atoms with Gasteiger partial charge in [-0.2, -0.15) is 0 Å². The molecular weight excluding hydrogens is 246 g/mol. The Morgan fingerprint density at radius 1 is 1.21 bits per heavy atom. The molecule has 5 heteroatoms. The number of hydrogen-bond donors (Lipinski definition) is 0. The maximum absolute atomic E-state index is 12.0. The molecule has 2 rings (SSSR count). The van der Waals surface area contributed by atoms with Gasteiger partial charge in [-0.15, -0.1) is 0 Å². The van der Waals surface area contributed by atoms with E-state index in [-0.39, 0.29) is 12.3 Å². The Bertz CT molecular complexity index is 746. The van der Waals surface area contributed by atoms with Crippen molar-refractivity contribution in [1.82, 2.24) is 4.57 Å². The van der Waals surface area contributed by atoms with Crippen LogP contribution in [-0.2, 0) is 11.3 Å². The molecule has 0 N–H and O–H groups in total. The number of carbonyl (C=O) groups is 1. The van der Waals surface area contributed by atoms with Gasteiger partial charge in [-0.05, 0) is 12.1 Å². The summed E-state index contributed by atoms with van der Waals surface area (Å²) in [6, 6.07) is 6.58. The second kappa shape index (κ2) is 4.50. The molecule has 0 aliphatic rings. The van der Waals surface area contributed by atoms with Crippen molar-refractivity contribution >= 4 is 16.7 Å². The summed E-state index contributed by atoms with van der Waals surface area (Å²) in [4.78, 5) is 35.4. The molecule has 0 radical (unpaired) electrons. The molecule has 0 aliphatic carbocycles. The lowest BCUT2D eigenvalue weighted by Gasteiger charge is -2.17. The molecule has 0 unspecified atom stereocenters. The molecule has 5 nitrogen and oxygen atoms in total.